The van der Waals surface area contributed by atoms with Gasteiger partial charge in [0, 0.05) is 19.1 Å². The molecule has 1 N–H and O–H groups in total. The van der Waals surface area contributed by atoms with Gasteiger partial charge in [-0.2, -0.15) is 5.10 Å². The molecule has 1 saturated carbocycles. The molecule has 3 heterocycles. The third-order valence-electron chi connectivity index (χ3n) is 4.53. The largest absolute Gasteiger partial charge is 0.354 e. The molecule has 8 nitrogen and oxygen atoms in total. The molecule has 2 aromatic rings. The molecule has 2 aliphatic rings. The summed E-state index contributed by atoms with van der Waals surface area (Å²) in [7, 11) is 0. The van der Waals surface area contributed by atoms with E-state index in [1.807, 2.05) is 17.7 Å². The van der Waals surface area contributed by atoms with Crippen LogP contribution in [0, 0.1) is 6.92 Å². The summed E-state index contributed by atoms with van der Waals surface area (Å²) in [6.07, 6.45) is 4.71. The van der Waals surface area contributed by atoms with Crippen LogP contribution in [-0.2, 0) is 6.54 Å². The first-order valence-corrected chi connectivity index (χ1v) is 8.35. The summed E-state index contributed by atoms with van der Waals surface area (Å²) < 4.78 is 1.97. The topological polar surface area (TPSA) is 84.6 Å². The molecule has 0 aromatic carbocycles. The summed E-state index contributed by atoms with van der Waals surface area (Å²) >= 11 is 0. The minimum absolute atomic E-state index is 0.427. The van der Waals surface area contributed by atoms with Crippen molar-refractivity contribution in [1.29, 1.82) is 0 Å². The van der Waals surface area contributed by atoms with Crippen molar-refractivity contribution in [3.05, 3.63) is 23.7 Å². The first-order chi connectivity index (χ1) is 11.3. The Bertz CT molecular complexity index is 648. The van der Waals surface area contributed by atoms with Crippen LogP contribution in [0.25, 0.3) is 0 Å². The third kappa shape index (κ3) is 3.31. The van der Waals surface area contributed by atoms with Gasteiger partial charge in [-0.15, -0.1) is 10.2 Å². The van der Waals surface area contributed by atoms with Crippen LogP contribution in [0.5, 0.6) is 0 Å². The molecule has 0 unspecified atom stereocenters. The van der Waals surface area contributed by atoms with Crippen LogP contribution >= 0.6 is 0 Å². The summed E-state index contributed by atoms with van der Waals surface area (Å²) in [5, 5.41) is 24.1. The normalized spacial score (nSPS) is 21.6. The lowest BCUT2D eigenvalue weighted by Crippen LogP contribution is -2.46. The Labute approximate surface area is 135 Å². The molecule has 0 radical (unpaired) electrons. The molecule has 2 fully saturated rings. The lowest BCUT2D eigenvalue weighted by Gasteiger charge is -2.33. The van der Waals surface area contributed by atoms with Crippen molar-refractivity contribution in [1.82, 2.24) is 35.7 Å². The van der Waals surface area contributed by atoms with Crippen LogP contribution < -0.4 is 10.2 Å². The predicted molar refractivity (Wildman–Crippen MR) is 84.9 cm³/mol. The Balaban J connectivity index is 1.35. The third-order valence-corrected chi connectivity index (χ3v) is 4.53. The molecule has 0 spiro atoms. The highest BCUT2D eigenvalue weighted by Gasteiger charge is 2.28. The van der Waals surface area contributed by atoms with Gasteiger partial charge in [0.25, 0.3) is 0 Å². The smallest absolute Gasteiger partial charge is 0.165 e. The van der Waals surface area contributed by atoms with Crippen molar-refractivity contribution < 1.29 is 0 Å². The first-order valence-electron chi connectivity index (χ1n) is 8.35. The number of aryl methyl sites for hydroxylation is 1. The highest BCUT2D eigenvalue weighted by atomic mass is 15.6. The van der Waals surface area contributed by atoms with Crippen molar-refractivity contribution in [3.63, 3.8) is 0 Å². The second-order valence-corrected chi connectivity index (χ2v) is 6.47. The van der Waals surface area contributed by atoms with Crippen LogP contribution in [0.1, 0.15) is 43.2 Å². The Morgan fingerprint density at radius 3 is 2.87 bits per heavy atom. The molecular formula is C15H22N8. The van der Waals surface area contributed by atoms with Gasteiger partial charge >= 0.3 is 0 Å². The number of hydrogen-bond donors (Lipinski definition) is 1. The van der Waals surface area contributed by atoms with E-state index in [4.69, 9.17) is 0 Å². The van der Waals surface area contributed by atoms with E-state index in [-0.39, 0.29) is 0 Å². The zero-order valence-electron chi connectivity index (χ0n) is 13.4. The molecular weight excluding hydrogens is 292 g/mol. The molecule has 0 amide bonds. The van der Waals surface area contributed by atoms with Gasteiger partial charge in [-0.25, -0.2) is 4.68 Å². The van der Waals surface area contributed by atoms with Gasteiger partial charge in [-0.05, 0) is 55.2 Å². The summed E-state index contributed by atoms with van der Waals surface area (Å²) in [5.74, 6) is 1.91. The van der Waals surface area contributed by atoms with Gasteiger partial charge in [0.15, 0.2) is 11.6 Å². The molecule has 2 aromatic heterocycles. The zero-order valence-corrected chi connectivity index (χ0v) is 13.4. The molecule has 1 aliphatic heterocycles. The standard InChI is InChI=1S/C15H22N8/c1-11-4-7-14(18-17-11)22-8-2-3-12(10-22)16-9-15-19-20-21-23(15)13-5-6-13/h4,7,12-13,16H,2-3,5-6,8-10H2,1H3/t12-/m1/s1. The fraction of sp³-hybridized carbons (Fsp3) is 0.667. The van der Waals surface area contributed by atoms with Crippen LogP contribution in [0.4, 0.5) is 5.82 Å². The van der Waals surface area contributed by atoms with Crippen LogP contribution in [0.2, 0.25) is 0 Å². The lowest BCUT2D eigenvalue weighted by atomic mass is 10.1. The molecule has 122 valence electrons. The average Bonchev–Trinajstić information content (AvgIpc) is 3.32. The number of anilines is 1. The van der Waals surface area contributed by atoms with Crippen molar-refractivity contribution in [2.24, 2.45) is 0 Å². The van der Waals surface area contributed by atoms with Crippen LogP contribution in [-0.4, -0.2) is 49.5 Å². The number of aromatic nitrogens is 6. The minimum Gasteiger partial charge on any atom is -0.354 e. The summed E-state index contributed by atoms with van der Waals surface area (Å²) in [6, 6.07) is 5.02. The maximum Gasteiger partial charge on any atom is 0.165 e. The number of tetrazole rings is 1. The fourth-order valence-electron chi connectivity index (χ4n) is 3.08. The van der Waals surface area contributed by atoms with Gasteiger partial charge in [0.05, 0.1) is 18.3 Å². The van der Waals surface area contributed by atoms with Gasteiger partial charge in [0.2, 0.25) is 0 Å². The van der Waals surface area contributed by atoms with E-state index in [0.717, 1.165) is 43.4 Å². The number of nitrogens with one attached hydrogen (secondary N) is 1. The van der Waals surface area contributed by atoms with E-state index in [9.17, 15) is 0 Å². The van der Waals surface area contributed by atoms with E-state index in [2.05, 4.69) is 42.0 Å². The number of hydrogen-bond acceptors (Lipinski definition) is 7. The zero-order chi connectivity index (χ0) is 15.6. The Morgan fingerprint density at radius 2 is 2.09 bits per heavy atom. The van der Waals surface area contributed by atoms with E-state index < -0.39 is 0 Å². The lowest BCUT2D eigenvalue weighted by molar-refractivity contribution is 0.408. The molecule has 4 rings (SSSR count). The maximum atomic E-state index is 4.30. The van der Waals surface area contributed by atoms with Crippen LogP contribution in [0.3, 0.4) is 0 Å². The van der Waals surface area contributed by atoms with Gasteiger partial charge in [0.1, 0.15) is 0 Å². The minimum atomic E-state index is 0.427. The monoisotopic (exact) mass is 314 g/mol. The van der Waals surface area contributed by atoms with E-state index >= 15 is 0 Å². The Kier molecular flexibility index (Phi) is 3.90. The Morgan fingerprint density at radius 1 is 1.17 bits per heavy atom. The highest BCUT2D eigenvalue weighted by Crippen LogP contribution is 2.34. The fourth-order valence-corrected chi connectivity index (χ4v) is 3.08. The second-order valence-electron chi connectivity index (χ2n) is 6.47. The summed E-state index contributed by atoms with van der Waals surface area (Å²) in [4.78, 5) is 2.30. The number of piperidine rings is 1. The Hall–Kier alpha value is -2.09. The summed E-state index contributed by atoms with van der Waals surface area (Å²) in [5.41, 5.74) is 0.951. The molecule has 1 aliphatic carbocycles. The van der Waals surface area contributed by atoms with Crippen LogP contribution in [0.15, 0.2) is 12.1 Å². The second kappa shape index (κ2) is 6.19. The van der Waals surface area contributed by atoms with Crippen molar-refractivity contribution >= 4 is 5.82 Å². The van der Waals surface area contributed by atoms with Crippen molar-refractivity contribution in [3.8, 4) is 0 Å². The molecule has 23 heavy (non-hydrogen) atoms. The first kappa shape index (κ1) is 14.5. The SMILES string of the molecule is Cc1ccc(N2CCC[C@@H](NCc3nnnn3C3CC3)C2)nn1. The molecule has 1 saturated heterocycles. The number of rotatable bonds is 5. The van der Waals surface area contributed by atoms with Gasteiger partial charge in [-0.3, -0.25) is 0 Å². The van der Waals surface area contributed by atoms with Crippen molar-refractivity contribution in [2.45, 2.75) is 51.2 Å². The van der Waals surface area contributed by atoms with Crippen molar-refractivity contribution in [2.75, 3.05) is 18.0 Å². The van der Waals surface area contributed by atoms with E-state index in [1.54, 1.807) is 0 Å². The van der Waals surface area contributed by atoms with Gasteiger partial charge < -0.3 is 10.2 Å². The van der Waals surface area contributed by atoms with E-state index in [0.29, 0.717) is 12.1 Å². The average molecular weight is 314 g/mol. The summed E-state index contributed by atoms with van der Waals surface area (Å²) in [6.45, 7) is 4.67. The van der Waals surface area contributed by atoms with Gasteiger partial charge in [-0.1, -0.05) is 0 Å². The molecule has 0 bridgehead atoms. The van der Waals surface area contributed by atoms with E-state index in [1.165, 1.54) is 19.3 Å². The number of nitrogens with zero attached hydrogens (tertiary/aromatic N) is 7. The quantitative estimate of drug-likeness (QED) is 0.876. The predicted octanol–water partition coefficient (Wildman–Crippen LogP) is 0.865. The molecule has 8 heteroatoms. The molecule has 1 atom stereocenters. The highest BCUT2D eigenvalue weighted by molar-refractivity contribution is 5.38. The maximum absolute atomic E-state index is 4.30.